The van der Waals surface area contributed by atoms with E-state index in [0.717, 1.165) is 17.3 Å². The highest BCUT2D eigenvalue weighted by atomic mass is 19.4. The van der Waals surface area contributed by atoms with Gasteiger partial charge in [0.05, 0.1) is 17.9 Å². The summed E-state index contributed by atoms with van der Waals surface area (Å²) in [6, 6.07) is 14.4. The fourth-order valence-electron chi connectivity index (χ4n) is 4.51. The minimum Gasteiger partial charge on any atom is -0.392 e. The normalized spacial score (nSPS) is 15.9. The standard InChI is InChI=1S/C29H25F3N4O2/c1-19-5-6-21(14-20(19)8-10-24-16-33-27-4-2-3-12-36(24)27)28(38)34-23-9-7-22(26(15-23)29(30,31)32)17-35-13-11-25(37)18-35/h2-7,9,12,14-16,25,37H,11,13,17-18H2,1H3,(H,34,38)/t25-/m1/s1. The van der Waals surface area contributed by atoms with Gasteiger partial charge >= 0.3 is 6.18 Å². The van der Waals surface area contributed by atoms with Crippen molar-refractivity contribution in [3.05, 3.63) is 101 Å². The van der Waals surface area contributed by atoms with Crippen LogP contribution >= 0.6 is 0 Å². The first-order chi connectivity index (χ1) is 18.2. The zero-order chi connectivity index (χ0) is 26.9. The van der Waals surface area contributed by atoms with Gasteiger partial charge in [-0.25, -0.2) is 4.98 Å². The van der Waals surface area contributed by atoms with Crippen molar-refractivity contribution in [1.82, 2.24) is 14.3 Å². The van der Waals surface area contributed by atoms with Gasteiger partial charge in [-0.05, 0) is 66.8 Å². The maximum atomic E-state index is 13.8. The molecule has 0 radical (unpaired) electrons. The smallest absolute Gasteiger partial charge is 0.392 e. The van der Waals surface area contributed by atoms with Gasteiger partial charge in [0.25, 0.3) is 5.91 Å². The molecule has 4 aromatic rings. The Labute approximate surface area is 217 Å². The average Bonchev–Trinajstić information content (AvgIpc) is 3.49. The molecule has 6 nitrogen and oxygen atoms in total. The maximum absolute atomic E-state index is 13.8. The lowest BCUT2D eigenvalue weighted by molar-refractivity contribution is -0.138. The van der Waals surface area contributed by atoms with Gasteiger partial charge in [0.15, 0.2) is 0 Å². The number of carbonyl (C=O) groups excluding carboxylic acids is 1. The lowest BCUT2D eigenvalue weighted by Crippen LogP contribution is -2.23. The molecule has 5 rings (SSSR count). The summed E-state index contributed by atoms with van der Waals surface area (Å²) < 4.78 is 43.4. The Morgan fingerprint density at radius 3 is 2.76 bits per heavy atom. The van der Waals surface area contributed by atoms with E-state index < -0.39 is 23.8 Å². The van der Waals surface area contributed by atoms with Crippen LogP contribution in [0.4, 0.5) is 18.9 Å². The quantitative estimate of drug-likeness (QED) is 0.378. The van der Waals surface area contributed by atoms with E-state index in [1.807, 2.05) is 35.7 Å². The number of nitrogens with one attached hydrogen (secondary N) is 1. The number of hydrogen-bond acceptors (Lipinski definition) is 4. The second-order valence-corrected chi connectivity index (χ2v) is 9.35. The Morgan fingerprint density at radius 2 is 2.00 bits per heavy atom. The minimum absolute atomic E-state index is 0.0477. The van der Waals surface area contributed by atoms with Gasteiger partial charge in [0, 0.05) is 42.6 Å². The molecule has 0 aliphatic carbocycles. The average molecular weight is 519 g/mol. The van der Waals surface area contributed by atoms with Crippen LogP contribution in [0.1, 0.15) is 44.7 Å². The molecule has 0 spiro atoms. The summed E-state index contributed by atoms with van der Waals surface area (Å²) in [6.45, 7) is 2.82. The molecule has 194 valence electrons. The number of likely N-dealkylation sites (tertiary alicyclic amines) is 1. The predicted octanol–water partition coefficient (Wildman–Crippen LogP) is 4.88. The lowest BCUT2D eigenvalue weighted by atomic mass is 10.0. The van der Waals surface area contributed by atoms with Crippen molar-refractivity contribution in [3.63, 3.8) is 0 Å². The van der Waals surface area contributed by atoms with Gasteiger partial charge in [0.2, 0.25) is 0 Å². The van der Waals surface area contributed by atoms with Crippen molar-refractivity contribution in [2.45, 2.75) is 32.2 Å². The fraction of sp³-hybridized carbons (Fsp3) is 0.241. The first-order valence-corrected chi connectivity index (χ1v) is 12.1. The number of hydrogen-bond donors (Lipinski definition) is 2. The maximum Gasteiger partial charge on any atom is 0.416 e. The van der Waals surface area contributed by atoms with E-state index in [1.165, 1.54) is 12.1 Å². The third kappa shape index (κ3) is 5.57. The van der Waals surface area contributed by atoms with Crippen LogP contribution in [0.5, 0.6) is 0 Å². The molecule has 1 amide bonds. The van der Waals surface area contributed by atoms with Crippen LogP contribution < -0.4 is 5.32 Å². The van der Waals surface area contributed by atoms with Gasteiger partial charge in [-0.2, -0.15) is 13.2 Å². The molecule has 0 unspecified atom stereocenters. The van der Waals surface area contributed by atoms with Crippen LogP contribution in [-0.2, 0) is 12.7 Å². The molecule has 0 bridgehead atoms. The van der Waals surface area contributed by atoms with E-state index in [1.54, 1.807) is 29.3 Å². The minimum atomic E-state index is -4.58. The summed E-state index contributed by atoms with van der Waals surface area (Å²) >= 11 is 0. The van der Waals surface area contributed by atoms with E-state index >= 15 is 0 Å². The van der Waals surface area contributed by atoms with Crippen LogP contribution in [-0.4, -0.2) is 44.5 Å². The van der Waals surface area contributed by atoms with E-state index in [9.17, 15) is 23.1 Å². The highest BCUT2D eigenvalue weighted by Gasteiger charge is 2.34. The van der Waals surface area contributed by atoms with Crippen LogP contribution in [0, 0.1) is 18.8 Å². The molecule has 1 aliphatic heterocycles. The number of aliphatic hydroxyl groups excluding tert-OH is 1. The van der Waals surface area contributed by atoms with E-state index in [0.29, 0.717) is 30.8 Å². The number of pyridine rings is 1. The number of halogens is 3. The topological polar surface area (TPSA) is 69.9 Å². The molecule has 9 heteroatoms. The van der Waals surface area contributed by atoms with E-state index in [2.05, 4.69) is 22.1 Å². The van der Waals surface area contributed by atoms with Crippen LogP contribution in [0.3, 0.4) is 0 Å². The molecule has 1 atom stereocenters. The number of alkyl halides is 3. The molecule has 1 fully saturated rings. The molecule has 2 aromatic carbocycles. The summed E-state index contributed by atoms with van der Waals surface area (Å²) in [5.74, 6) is 5.62. The Balaban J connectivity index is 1.36. The van der Waals surface area contributed by atoms with Gasteiger partial charge in [-0.3, -0.25) is 14.1 Å². The largest absolute Gasteiger partial charge is 0.416 e. The van der Waals surface area contributed by atoms with Gasteiger partial charge < -0.3 is 10.4 Å². The monoisotopic (exact) mass is 518 g/mol. The van der Waals surface area contributed by atoms with Gasteiger partial charge in [-0.1, -0.05) is 24.1 Å². The number of carbonyl (C=O) groups is 1. The highest BCUT2D eigenvalue weighted by molar-refractivity contribution is 6.04. The molecule has 2 aromatic heterocycles. The summed E-state index contributed by atoms with van der Waals surface area (Å²) in [6.07, 6.45) is -1.04. The number of aliphatic hydroxyl groups is 1. The zero-order valence-corrected chi connectivity index (χ0v) is 20.6. The molecule has 0 saturated carbocycles. The molecular formula is C29H25F3N4O2. The van der Waals surface area contributed by atoms with Crippen LogP contribution in [0.25, 0.3) is 5.65 Å². The number of nitrogens with zero attached hydrogens (tertiary/aromatic N) is 3. The molecule has 1 aliphatic rings. The second-order valence-electron chi connectivity index (χ2n) is 9.35. The Bertz CT molecular complexity index is 1570. The first kappa shape index (κ1) is 25.5. The number of rotatable bonds is 4. The zero-order valence-electron chi connectivity index (χ0n) is 20.6. The van der Waals surface area contributed by atoms with Crippen molar-refractivity contribution in [2.24, 2.45) is 0 Å². The third-order valence-corrected chi connectivity index (χ3v) is 6.56. The summed E-state index contributed by atoms with van der Waals surface area (Å²) in [7, 11) is 0. The van der Waals surface area contributed by atoms with Crippen molar-refractivity contribution in [1.29, 1.82) is 0 Å². The SMILES string of the molecule is Cc1ccc(C(=O)Nc2ccc(CN3CC[C@@H](O)C3)c(C(F)(F)F)c2)cc1C#Cc1cnc2ccccn12. The van der Waals surface area contributed by atoms with Crippen molar-refractivity contribution in [2.75, 3.05) is 18.4 Å². The number of aryl methyl sites for hydroxylation is 1. The second kappa shape index (κ2) is 10.3. The van der Waals surface area contributed by atoms with Gasteiger partial charge in [-0.15, -0.1) is 0 Å². The number of amides is 1. The number of benzene rings is 2. The molecule has 1 saturated heterocycles. The first-order valence-electron chi connectivity index (χ1n) is 12.1. The van der Waals surface area contributed by atoms with E-state index in [-0.39, 0.29) is 23.4 Å². The number of β-amino-alcohol motifs (C(OH)–C–C–N with tert-alkyl or cyclic N) is 1. The fourth-order valence-corrected chi connectivity index (χ4v) is 4.51. The van der Waals surface area contributed by atoms with Crippen molar-refractivity contribution in [3.8, 4) is 11.8 Å². The highest BCUT2D eigenvalue weighted by Crippen LogP contribution is 2.35. The number of fused-ring (bicyclic) bond motifs is 1. The molecule has 2 N–H and O–H groups in total. The summed E-state index contributed by atoms with van der Waals surface area (Å²) in [5.41, 5.74) is 2.57. The molecule has 38 heavy (non-hydrogen) atoms. The Morgan fingerprint density at radius 1 is 1.16 bits per heavy atom. The number of anilines is 1. The Kier molecular flexibility index (Phi) is 6.93. The summed E-state index contributed by atoms with van der Waals surface area (Å²) in [4.78, 5) is 19.1. The predicted molar refractivity (Wildman–Crippen MR) is 138 cm³/mol. The number of aromatic nitrogens is 2. The van der Waals surface area contributed by atoms with Gasteiger partial charge in [0.1, 0.15) is 11.3 Å². The van der Waals surface area contributed by atoms with Crippen molar-refractivity contribution < 1.29 is 23.1 Å². The lowest BCUT2D eigenvalue weighted by Gasteiger charge is -2.20. The van der Waals surface area contributed by atoms with Crippen molar-refractivity contribution >= 4 is 17.2 Å². The molecular weight excluding hydrogens is 493 g/mol. The van der Waals surface area contributed by atoms with Crippen LogP contribution in [0.15, 0.2) is 67.0 Å². The molecule has 3 heterocycles. The summed E-state index contributed by atoms with van der Waals surface area (Å²) in [5, 5.41) is 12.3. The third-order valence-electron chi connectivity index (χ3n) is 6.56. The number of imidazole rings is 1. The van der Waals surface area contributed by atoms with Crippen LogP contribution in [0.2, 0.25) is 0 Å². The Hall–Kier alpha value is -4.13. The van der Waals surface area contributed by atoms with E-state index in [4.69, 9.17) is 0 Å².